The fourth-order valence-corrected chi connectivity index (χ4v) is 4.26. The molecule has 4 N–H and O–H groups in total. The molecule has 3 rings (SSSR count). The molecule has 2 fully saturated rings. The quantitative estimate of drug-likeness (QED) is 0.714. The average Bonchev–Trinajstić information content (AvgIpc) is 3.06. The topological polar surface area (TPSA) is 95.7 Å². The minimum atomic E-state index is -0.717. The lowest BCUT2D eigenvalue weighted by Gasteiger charge is -2.28. The van der Waals surface area contributed by atoms with Crippen molar-refractivity contribution in [1.82, 2.24) is 10.2 Å². The standard InChI is InChI=1S/C20H29N3O3/c21-10-16-12-23(11-14-4-2-1-3-5-14)13-18(16)19(24)22-17-8-6-15(7-9-17)20(25)26/h1-5,15-18H,6-13,21H2,(H,22,24)(H,25,26)/t15?,16-,17?,18-/m1/s1. The van der Waals surface area contributed by atoms with E-state index in [0.29, 0.717) is 19.4 Å². The Morgan fingerprint density at radius 1 is 1.12 bits per heavy atom. The van der Waals surface area contributed by atoms with Gasteiger partial charge in [0.1, 0.15) is 0 Å². The maximum absolute atomic E-state index is 12.8. The van der Waals surface area contributed by atoms with Gasteiger partial charge in [0.2, 0.25) is 5.91 Å². The summed E-state index contributed by atoms with van der Waals surface area (Å²) in [5, 5.41) is 12.2. The van der Waals surface area contributed by atoms with E-state index in [-0.39, 0.29) is 29.7 Å². The van der Waals surface area contributed by atoms with Gasteiger partial charge in [0.15, 0.2) is 0 Å². The normalized spacial score (nSPS) is 29.4. The number of rotatable bonds is 6. The number of benzene rings is 1. The van der Waals surface area contributed by atoms with Crippen molar-refractivity contribution in [2.75, 3.05) is 19.6 Å². The Labute approximate surface area is 154 Å². The Bertz CT molecular complexity index is 614. The van der Waals surface area contributed by atoms with Gasteiger partial charge < -0.3 is 16.2 Å². The zero-order chi connectivity index (χ0) is 18.5. The lowest BCUT2D eigenvalue weighted by molar-refractivity contribution is -0.142. The molecule has 0 spiro atoms. The lowest BCUT2D eigenvalue weighted by Crippen LogP contribution is -2.44. The molecule has 0 radical (unpaired) electrons. The predicted octanol–water partition coefficient (Wildman–Crippen LogP) is 1.45. The van der Waals surface area contributed by atoms with Crippen molar-refractivity contribution in [1.29, 1.82) is 0 Å². The van der Waals surface area contributed by atoms with Crippen LogP contribution in [0.25, 0.3) is 0 Å². The number of carbonyl (C=O) groups excluding carboxylic acids is 1. The Balaban J connectivity index is 1.52. The first-order chi connectivity index (χ1) is 12.6. The van der Waals surface area contributed by atoms with Crippen LogP contribution in [-0.4, -0.2) is 47.6 Å². The van der Waals surface area contributed by atoms with Gasteiger partial charge in [-0.15, -0.1) is 0 Å². The van der Waals surface area contributed by atoms with Crippen molar-refractivity contribution in [3.63, 3.8) is 0 Å². The van der Waals surface area contributed by atoms with Crippen LogP contribution in [0.5, 0.6) is 0 Å². The van der Waals surface area contributed by atoms with Gasteiger partial charge in [0.25, 0.3) is 0 Å². The van der Waals surface area contributed by atoms with Gasteiger partial charge in [-0.3, -0.25) is 14.5 Å². The maximum atomic E-state index is 12.8. The van der Waals surface area contributed by atoms with Crippen molar-refractivity contribution in [3.8, 4) is 0 Å². The van der Waals surface area contributed by atoms with E-state index < -0.39 is 5.97 Å². The lowest BCUT2D eigenvalue weighted by atomic mass is 9.85. The van der Waals surface area contributed by atoms with Gasteiger partial charge in [-0.2, -0.15) is 0 Å². The number of nitrogens with two attached hydrogens (primary N) is 1. The van der Waals surface area contributed by atoms with Crippen LogP contribution in [0.2, 0.25) is 0 Å². The average molecular weight is 359 g/mol. The Morgan fingerprint density at radius 2 is 1.81 bits per heavy atom. The molecule has 0 unspecified atom stereocenters. The van der Waals surface area contributed by atoms with Crippen molar-refractivity contribution < 1.29 is 14.7 Å². The molecule has 26 heavy (non-hydrogen) atoms. The number of carboxylic acid groups (broad SMARTS) is 1. The molecule has 1 aromatic rings. The van der Waals surface area contributed by atoms with Crippen LogP contribution < -0.4 is 11.1 Å². The van der Waals surface area contributed by atoms with Gasteiger partial charge in [-0.25, -0.2) is 0 Å². The molecule has 6 heteroatoms. The number of hydrogen-bond donors (Lipinski definition) is 3. The van der Waals surface area contributed by atoms with Crippen LogP contribution in [0.15, 0.2) is 30.3 Å². The van der Waals surface area contributed by atoms with Gasteiger partial charge in [0.05, 0.1) is 11.8 Å². The third-order valence-electron chi connectivity index (χ3n) is 5.83. The van der Waals surface area contributed by atoms with E-state index in [1.54, 1.807) is 0 Å². The van der Waals surface area contributed by atoms with Crippen molar-refractivity contribution >= 4 is 11.9 Å². The first-order valence-corrected chi connectivity index (χ1v) is 9.56. The SMILES string of the molecule is NC[C@@H]1CN(Cc2ccccc2)C[C@H]1C(=O)NC1CCC(C(=O)O)CC1. The summed E-state index contributed by atoms with van der Waals surface area (Å²) in [6.45, 7) is 2.92. The molecule has 1 aromatic carbocycles. The maximum Gasteiger partial charge on any atom is 0.306 e. The largest absolute Gasteiger partial charge is 0.481 e. The summed E-state index contributed by atoms with van der Waals surface area (Å²) >= 11 is 0. The number of carboxylic acids is 1. The zero-order valence-electron chi connectivity index (χ0n) is 15.1. The summed E-state index contributed by atoms with van der Waals surface area (Å²) in [6.07, 6.45) is 2.78. The molecular weight excluding hydrogens is 330 g/mol. The second kappa shape index (κ2) is 8.64. The highest BCUT2D eigenvalue weighted by Crippen LogP contribution is 2.27. The molecule has 2 atom stereocenters. The molecule has 6 nitrogen and oxygen atoms in total. The highest BCUT2D eigenvalue weighted by molar-refractivity contribution is 5.80. The molecule has 1 amide bonds. The molecule has 1 heterocycles. The first kappa shape index (κ1) is 18.9. The van der Waals surface area contributed by atoms with E-state index in [1.807, 2.05) is 18.2 Å². The van der Waals surface area contributed by atoms with Crippen molar-refractivity contribution in [2.24, 2.45) is 23.5 Å². The molecule has 1 aliphatic heterocycles. The number of nitrogens with zero attached hydrogens (tertiary/aromatic N) is 1. The molecule has 1 saturated heterocycles. The Kier molecular flexibility index (Phi) is 6.27. The van der Waals surface area contributed by atoms with Crippen LogP contribution in [0.3, 0.4) is 0 Å². The van der Waals surface area contributed by atoms with E-state index in [0.717, 1.165) is 32.5 Å². The predicted molar refractivity (Wildman–Crippen MR) is 99.3 cm³/mol. The Hall–Kier alpha value is -1.92. The van der Waals surface area contributed by atoms with Crippen LogP contribution in [0, 0.1) is 17.8 Å². The third kappa shape index (κ3) is 4.62. The van der Waals surface area contributed by atoms with E-state index in [1.165, 1.54) is 5.56 Å². The van der Waals surface area contributed by atoms with E-state index >= 15 is 0 Å². The van der Waals surface area contributed by atoms with E-state index in [4.69, 9.17) is 10.8 Å². The summed E-state index contributed by atoms with van der Waals surface area (Å²) in [5.74, 6) is -0.803. The molecular formula is C20H29N3O3. The van der Waals surface area contributed by atoms with Crippen LogP contribution >= 0.6 is 0 Å². The number of likely N-dealkylation sites (tertiary alicyclic amines) is 1. The number of nitrogens with one attached hydrogen (secondary N) is 1. The van der Waals surface area contributed by atoms with Gasteiger partial charge >= 0.3 is 5.97 Å². The van der Waals surface area contributed by atoms with E-state index in [2.05, 4.69) is 22.3 Å². The summed E-state index contributed by atoms with van der Waals surface area (Å²) in [4.78, 5) is 26.1. The molecule has 1 saturated carbocycles. The van der Waals surface area contributed by atoms with Crippen molar-refractivity contribution in [2.45, 2.75) is 38.3 Å². The van der Waals surface area contributed by atoms with Gasteiger partial charge in [-0.05, 0) is 43.7 Å². The highest BCUT2D eigenvalue weighted by Gasteiger charge is 2.37. The van der Waals surface area contributed by atoms with Crippen molar-refractivity contribution in [3.05, 3.63) is 35.9 Å². The number of hydrogen-bond acceptors (Lipinski definition) is 4. The smallest absolute Gasteiger partial charge is 0.306 e. The number of amides is 1. The molecule has 2 aliphatic rings. The van der Waals surface area contributed by atoms with Gasteiger partial charge in [0, 0.05) is 25.7 Å². The molecule has 0 bridgehead atoms. The minimum absolute atomic E-state index is 0.0785. The van der Waals surface area contributed by atoms with Crippen LogP contribution in [-0.2, 0) is 16.1 Å². The zero-order valence-corrected chi connectivity index (χ0v) is 15.1. The molecule has 0 aromatic heterocycles. The molecule has 1 aliphatic carbocycles. The summed E-state index contributed by atoms with van der Waals surface area (Å²) in [6, 6.07) is 10.4. The third-order valence-corrected chi connectivity index (χ3v) is 5.83. The minimum Gasteiger partial charge on any atom is -0.481 e. The number of aliphatic carboxylic acids is 1. The summed E-state index contributed by atoms with van der Waals surface area (Å²) in [7, 11) is 0. The molecule has 142 valence electrons. The highest BCUT2D eigenvalue weighted by atomic mass is 16.4. The summed E-state index contributed by atoms with van der Waals surface area (Å²) < 4.78 is 0. The Morgan fingerprint density at radius 3 is 2.42 bits per heavy atom. The number of carbonyl (C=O) groups is 2. The monoisotopic (exact) mass is 359 g/mol. The first-order valence-electron chi connectivity index (χ1n) is 9.56. The van der Waals surface area contributed by atoms with Crippen LogP contribution in [0.4, 0.5) is 0 Å². The summed E-state index contributed by atoms with van der Waals surface area (Å²) in [5.41, 5.74) is 7.18. The van der Waals surface area contributed by atoms with Gasteiger partial charge in [-0.1, -0.05) is 30.3 Å². The van der Waals surface area contributed by atoms with E-state index in [9.17, 15) is 9.59 Å². The fraction of sp³-hybridized carbons (Fsp3) is 0.600. The van der Waals surface area contributed by atoms with Crippen LogP contribution in [0.1, 0.15) is 31.2 Å². The second-order valence-corrected chi connectivity index (χ2v) is 7.68. The fourth-order valence-electron chi connectivity index (χ4n) is 4.26. The second-order valence-electron chi connectivity index (χ2n) is 7.68.